The van der Waals surface area contributed by atoms with E-state index in [0.29, 0.717) is 5.92 Å². The molecule has 7 nitrogen and oxygen atoms in total. The first-order chi connectivity index (χ1) is 9.02. The molecule has 1 aliphatic heterocycles. The zero-order valence-electron chi connectivity index (χ0n) is 11.1. The molecule has 4 N–H and O–H groups in total. The van der Waals surface area contributed by atoms with E-state index in [1.54, 1.807) is 0 Å². The molecular formula is C12H21N3O4. The maximum atomic E-state index is 11.8. The summed E-state index contributed by atoms with van der Waals surface area (Å²) in [5.74, 6) is -1.28. The molecule has 0 radical (unpaired) electrons. The topological polar surface area (TPSA) is 108 Å². The van der Waals surface area contributed by atoms with Crippen molar-refractivity contribution in [3.63, 3.8) is 0 Å². The van der Waals surface area contributed by atoms with Gasteiger partial charge in [-0.2, -0.15) is 0 Å². The first kappa shape index (κ1) is 15.4. The number of nitrogens with one attached hydrogen (secondary N) is 3. The smallest absolute Gasteiger partial charge is 0.322 e. The Bertz CT molecular complexity index is 346. The largest absolute Gasteiger partial charge is 0.480 e. The van der Waals surface area contributed by atoms with E-state index in [2.05, 4.69) is 22.9 Å². The Morgan fingerprint density at radius 1 is 1.26 bits per heavy atom. The summed E-state index contributed by atoms with van der Waals surface area (Å²) in [6.45, 7) is 2.28. The number of amides is 2. The quantitative estimate of drug-likeness (QED) is 0.500. The van der Waals surface area contributed by atoms with Gasteiger partial charge in [-0.1, -0.05) is 13.3 Å². The molecule has 2 unspecified atom stereocenters. The number of hydrogen-bond donors (Lipinski definition) is 4. The zero-order valence-corrected chi connectivity index (χ0v) is 11.1. The van der Waals surface area contributed by atoms with Crippen molar-refractivity contribution < 1.29 is 19.5 Å². The van der Waals surface area contributed by atoms with E-state index in [1.165, 1.54) is 0 Å². The van der Waals surface area contributed by atoms with Crippen LogP contribution in [0.2, 0.25) is 0 Å². The third-order valence-electron chi connectivity index (χ3n) is 3.27. The molecule has 2 amide bonds. The van der Waals surface area contributed by atoms with E-state index in [0.717, 1.165) is 25.8 Å². The van der Waals surface area contributed by atoms with Gasteiger partial charge in [0.25, 0.3) is 0 Å². The normalized spacial score (nSPS) is 22.6. The molecule has 7 heteroatoms. The third-order valence-corrected chi connectivity index (χ3v) is 3.27. The van der Waals surface area contributed by atoms with Crippen LogP contribution >= 0.6 is 0 Å². The number of hydrogen-bond acceptors (Lipinski definition) is 4. The summed E-state index contributed by atoms with van der Waals surface area (Å²) in [5, 5.41) is 16.2. The lowest BCUT2D eigenvalue weighted by Crippen LogP contribution is -2.50. The molecule has 2 atom stereocenters. The average molecular weight is 271 g/mol. The fourth-order valence-corrected chi connectivity index (χ4v) is 2.09. The standard InChI is InChI=1S/C12H21N3O4/c1-2-8-3-4-13-9(5-8)12(19)15-6-10(16)14-7-11(17)18/h8-9,13H,2-7H2,1H3,(H,14,16)(H,15,19)(H,17,18). The van der Waals surface area contributed by atoms with Gasteiger partial charge in [0, 0.05) is 0 Å². The molecule has 19 heavy (non-hydrogen) atoms. The number of carbonyl (C=O) groups is 3. The van der Waals surface area contributed by atoms with Crippen LogP contribution in [0.25, 0.3) is 0 Å². The molecule has 0 aliphatic carbocycles. The summed E-state index contributed by atoms with van der Waals surface area (Å²) in [6, 6.07) is -0.258. The maximum Gasteiger partial charge on any atom is 0.322 e. The van der Waals surface area contributed by atoms with Gasteiger partial charge < -0.3 is 21.1 Å². The van der Waals surface area contributed by atoms with Crippen molar-refractivity contribution in [2.24, 2.45) is 5.92 Å². The van der Waals surface area contributed by atoms with Gasteiger partial charge in [0.1, 0.15) is 6.54 Å². The predicted molar refractivity (Wildman–Crippen MR) is 68.5 cm³/mol. The fourth-order valence-electron chi connectivity index (χ4n) is 2.09. The lowest BCUT2D eigenvalue weighted by Gasteiger charge is -2.28. The highest BCUT2D eigenvalue weighted by Crippen LogP contribution is 2.19. The minimum Gasteiger partial charge on any atom is -0.480 e. The summed E-state index contributed by atoms with van der Waals surface area (Å²) in [4.78, 5) is 33.3. The highest BCUT2D eigenvalue weighted by molar-refractivity contribution is 5.88. The van der Waals surface area contributed by atoms with E-state index >= 15 is 0 Å². The van der Waals surface area contributed by atoms with Crippen LogP contribution in [0, 0.1) is 5.92 Å². The van der Waals surface area contributed by atoms with Gasteiger partial charge in [0.15, 0.2) is 0 Å². The van der Waals surface area contributed by atoms with Crippen molar-refractivity contribution in [3.8, 4) is 0 Å². The Hall–Kier alpha value is -1.63. The first-order valence-electron chi connectivity index (χ1n) is 6.52. The Labute approximate surface area is 112 Å². The molecule has 0 saturated carbocycles. The van der Waals surface area contributed by atoms with Crippen molar-refractivity contribution in [2.45, 2.75) is 32.2 Å². The highest BCUT2D eigenvalue weighted by atomic mass is 16.4. The van der Waals surface area contributed by atoms with E-state index in [-0.39, 0.29) is 18.5 Å². The molecule has 0 bridgehead atoms. The second-order valence-electron chi connectivity index (χ2n) is 4.69. The molecule has 0 aromatic carbocycles. The second-order valence-corrected chi connectivity index (χ2v) is 4.69. The van der Waals surface area contributed by atoms with Crippen LogP contribution in [-0.2, 0) is 14.4 Å². The Balaban J connectivity index is 2.26. The Morgan fingerprint density at radius 2 is 2.00 bits per heavy atom. The second kappa shape index (κ2) is 7.73. The maximum absolute atomic E-state index is 11.8. The van der Waals surface area contributed by atoms with Crippen molar-refractivity contribution in [2.75, 3.05) is 19.6 Å². The van der Waals surface area contributed by atoms with Crippen LogP contribution in [0.4, 0.5) is 0 Å². The highest BCUT2D eigenvalue weighted by Gasteiger charge is 2.25. The number of piperidine rings is 1. The molecule has 1 fully saturated rings. The number of carboxylic acid groups (broad SMARTS) is 1. The minimum atomic E-state index is -1.11. The SMILES string of the molecule is CCC1CCNC(C(=O)NCC(=O)NCC(=O)O)C1. The molecule has 1 rings (SSSR count). The summed E-state index contributed by atoms with van der Waals surface area (Å²) >= 11 is 0. The van der Waals surface area contributed by atoms with Gasteiger partial charge in [-0.05, 0) is 25.3 Å². The summed E-state index contributed by atoms with van der Waals surface area (Å²) in [7, 11) is 0. The fraction of sp³-hybridized carbons (Fsp3) is 0.750. The summed E-state index contributed by atoms with van der Waals surface area (Å²) < 4.78 is 0. The van der Waals surface area contributed by atoms with Crippen molar-refractivity contribution in [1.82, 2.24) is 16.0 Å². The van der Waals surface area contributed by atoms with E-state index in [9.17, 15) is 14.4 Å². The lowest BCUT2D eigenvalue weighted by molar-refractivity contribution is -0.137. The number of aliphatic carboxylic acids is 1. The van der Waals surface area contributed by atoms with Crippen molar-refractivity contribution >= 4 is 17.8 Å². The number of carbonyl (C=O) groups excluding carboxylic acids is 2. The van der Waals surface area contributed by atoms with Crippen LogP contribution in [0.1, 0.15) is 26.2 Å². The van der Waals surface area contributed by atoms with Gasteiger partial charge in [0.05, 0.1) is 12.6 Å². The third kappa shape index (κ3) is 5.69. The Kier molecular flexibility index (Phi) is 6.27. The van der Waals surface area contributed by atoms with E-state index < -0.39 is 18.4 Å². The van der Waals surface area contributed by atoms with Gasteiger partial charge in [0.2, 0.25) is 11.8 Å². The number of rotatable bonds is 6. The zero-order chi connectivity index (χ0) is 14.3. The first-order valence-corrected chi connectivity index (χ1v) is 6.52. The molecule has 0 aromatic rings. The molecule has 1 heterocycles. The number of carboxylic acids is 1. The van der Waals surface area contributed by atoms with E-state index in [1.807, 2.05) is 0 Å². The average Bonchev–Trinajstić information content (AvgIpc) is 2.42. The molecular weight excluding hydrogens is 250 g/mol. The van der Waals surface area contributed by atoms with Crippen LogP contribution in [0.15, 0.2) is 0 Å². The summed E-state index contributed by atoms with van der Waals surface area (Å²) in [6.07, 6.45) is 2.89. The van der Waals surface area contributed by atoms with Crippen molar-refractivity contribution in [3.05, 3.63) is 0 Å². The molecule has 1 saturated heterocycles. The molecule has 0 aromatic heterocycles. The van der Waals surface area contributed by atoms with Gasteiger partial charge in [-0.3, -0.25) is 14.4 Å². The van der Waals surface area contributed by atoms with Gasteiger partial charge in [-0.25, -0.2) is 0 Å². The van der Waals surface area contributed by atoms with Crippen LogP contribution in [0.5, 0.6) is 0 Å². The summed E-state index contributed by atoms with van der Waals surface area (Å²) in [5.41, 5.74) is 0. The monoisotopic (exact) mass is 271 g/mol. The van der Waals surface area contributed by atoms with Crippen LogP contribution < -0.4 is 16.0 Å². The Morgan fingerprint density at radius 3 is 2.63 bits per heavy atom. The molecule has 0 spiro atoms. The van der Waals surface area contributed by atoms with Crippen molar-refractivity contribution in [1.29, 1.82) is 0 Å². The lowest BCUT2D eigenvalue weighted by atomic mass is 9.90. The molecule has 1 aliphatic rings. The minimum absolute atomic E-state index is 0.193. The van der Waals surface area contributed by atoms with Crippen LogP contribution in [-0.4, -0.2) is 48.6 Å². The van der Waals surface area contributed by atoms with Gasteiger partial charge in [-0.15, -0.1) is 0 Å². The predicted octanol–water partition coefficient (Wildman–Crippen LogP) is -0.918. The molecule has 108 valence electrons. The van der Waals surface area contributed by atoms with E-state index in [4.69, 9.17) is 5.11 Å². The van der Waals surface area contributed by atoms with Crippen LogP contribution in [0.3, 0.4) is 0 Å². The van der Waals surface area contributed by atoms with Gasteiger partial charge >= 0.3 is 5.97 Å².